The zero-order valence-corrected chi connectivity index (χ0v) is 30.3. The molecule has 0 aliphatic carbocycles. The summed E-state index contributed by atoms with van der Waals surface area (Å²) < 4.78 is 10.5. The molecular formula is C42H70O5. The van der Waals surface area contributed by atoms with Crippen molar-refractivity contribution < 1.29 is 24.2 Å². The van der Waals surface area contributed by atoms with Crippen LogP contribution in [0.4, 0.5) is 0 Å². The van der Waals surface area contributed by atoms with Crippen LogP contribution in [0, 0.1) is 0 Å². The molecule has 0 aromatic heterocycles. The SMILES string of the molecule is CC/C=C\C/C=C\C/C=C\C/C=C\C/C=C\C/C=C\CCCCCCCCCCC(=O)OC(CO)COC(=O)CCCCCCCC. The van der Waals surface area contributed by atoms with E-state index in [1.54, 1.807) is 0 Å². The molecule has 0 saturated heterocycles. The highest BCUT2D eigenvalue weighted by molar-refractivity contribution is 5.70. The molecule has 0 fully saturated rings. The van der Waals surface area contributed by atoms with Gasteiger partial charge < -0.3 is 14.6 Å². The molecule has 0 spiro atoms. The molecule has 0 aromatic carbocycles. The lowest BCUT2D eigenvalue weighted by molar-refractivity contribution is -0.161. The number of allylic oxidation sites excluding steroid dienone is 12. The predicted octanol–water partition coefficient (Wildman–Crippen LogP) is 11.8. The molecule has 0 bridgehead atoms. The Morgan fingerprint density at radius 2 is 0.915 bits per heavy atom. The Kier molecular flexibility index (Phi) is 35.7. The maximum Gasteiger partial charge on any atom is 0.306 e. The predicted molar refractivity (Wildman–Crippen MR) is 200 cm³/mol. The summed E-state index contributed by atoms with van der Waals surface area (Å²) in [4.78, 5) is 24.0. The van der Waals surface area contributed by atoms with E-state index >= 15 is 0 Å². The lowest BCUT2D eigenvalue weighted by Gasteiger charge is -2.15. The van der Waals surface area contributed by atoms with Crippen LogP contribution >= 0.6 is 0 Å². The van der Waals surface area contributed by atoms with E-state index in [0.29, 0.717) is 12.8 Å². The van der Waals surface area contributed by atoms with Crippen molar-refractivity contribution in [1.82, 2.24) is 0 Å². The number of ether oxygens (including phenoxy) is 2. The van der Waals surface area contributed by atoms with Gasteiger partial charge in [0.05, 0.1) is 6.61 Å². The second kappa shape index (κ2) is 37.8. The number of carbonyl (C=O) groups excluding carboxylic acids is 2. The minimum absolute atomic E-state index is 0.0724. The summed E-state index contributed by atoms with van der Waals surface area (Å²) in [6.07, 6.45) is 49.9. The van der Waals surface area contributed by atoms with Crippen molar-refractivity contribution in [1.29, 1.82) is 0 Å². The molecule has 0 rings (SSSR count). The zero-order valence-electron chi connectivity index (χ0n) is 30.3. The van der Waals surface area contributed by atoms with E-state index in [1.807, 2.05) is 0 Å². The smallest absolute Gasteiger partial charge is 0.306 e. The van der Waals surface area contributed by atoms with Crippen LogP contribution in [0.2, 0.25) is 0 Å². The molecule has 1 atom stereocenters. The first-order valence-corrected chi connectivity index (χ1v) is 19.0. The highest BCUT2D eigenvalue weighted by Gasteiger charge is 2.16. The number of hydrogen-bond acceptors (Lipinski definition) is 5. The first-order chi connectivity index (χ1) is 23.1. The molecule has 0 saturated carbocycles. The molecule has 0 aliphatic heterocycles. The molecule has 1 unspecified atom stereocenters. The molecule has 268 valence electrons. The van der Waals surface area contributed by atoms with E-state index in [0.717, 1.165) is 83.5 Å². The van der Waals surface area contributed by atoms with Crippen LogP contribution in [0.1, 0.15) is 162 Å². The summed E-state index contributed by atoms with van der Waals surface area (Å²) in [5.41, 5.74) is 0. The maximum absolute atomic E-state index is 12.1. The standard InChI is InChI=1S/C42H70O5/c1-3-5-7-9-11-12-13-14-15-16-17-18-19-20-21-22-23-24-25-26-27-28-29-30-31-33-35-37-42(45)47-40(38-43)39-46-41(44)36-34-32-10-8-6-4-2/h5,7,11-12,14-15,17-18,20-21,23-24,40,43H,3-4,6,8-10,13,16,19,22,25-39H2,1-2H3/b7-5-,12-11-,15-14-,18-17-,21-20-,24-23-. The minimum atomic E-state index is -0.774. The summed E-state index contributed by atoms with van der Waals surface area (Å²) in [7, 11) is 0. The Morgan fingerprint density at radius 3 is 1.38 bits per heavy atom. The van der Waals surface area contributed by atoms with Gasteiger partial charge in [0.2, 0.25) is 0 Å². The number of aliphatic hydroxyl groups excluding tert-OH is 1. The van der Waals surface area contributed by atoms with Crippen molar-refractivity contribution in [3.63, 3.8) is 0 Å². The molecule has 0 heterocycles. The van der Waals surface area contributed by atoms with Crippen LogP contribution in [0.5, 0.6) is 0 Å². The van der Waals surface area contributed by atoms with Crippen molar-refractivity contribution in [2.24, 2.45) is 0 Å². The second-order valence-electron chi connectivity index (χ2n) is 12.3. The van der Waals surface area contributed by atoms with E-state index in [-0.39, 0.29) is 25.2 Å². The van der Waals surface area contributed by atoms with Crippen LogP contribution in [-0.4, -0.2) is 36.4 Å². The van der Waals surface area contributed by atoms with Gasteiger partial charge in [0, 0.05) is 12.8 Å². The van der Waals surface area contributed by atoms with Crippen LogP contribution in [0.15, 0.2) is 72.9 Å². The Labute approximate surface area is 289 Å². The zero-order chi connectivity index (χ0) is 34.3. The van der Waals surface area contributed by atoms with Crippen molar-refractivity contribution in [3.8, 4) is 0 Å². The average molecular weight is 655 g/mol. The van der Waals surface area contributed by atoms with Gasteiger partial charge in [-0.2, -0.15) is 0 Å². The minimum Gasteiger partial charge on any atom is -0.462 e. The van der Waals surface area contributed by atoms with E-state index in [4.69, 9.17) is 9.47 Å². The monoisotopic (exact) mass is 655 g/mol. The molecule has 5 heteroatoms. The topological polar surface area (TPSA) is 72.8 Å². The van der Waals surface area contributed by atoms with Gasteiger partial charge in [-0.25, -0.2) is 0 Å². The highest BCUT2D eigenvalue weighted by Crippen LogP contribution is 2.12. The van der Waals surface area contributed by atoms with Crippen LogP contribution < -0.4 is 0 Å². The Hall–Kier alpha value is -2.66. The molecule has 47 heavy (non-hydrogen) atoms. The summed E-state index contributed by atoms with van der Waals surface area (Å²) in [5.74, 6) is -0.617. The Bertz CT molecular complexity index is 879. The molecule has 1 N–H and O–H groups in total. The quantitative estimate of drug-likeness (QED) is 0.0433. The first kappa shape index (κ1) is 44.3. The maximum atomic E-state index is 12.1. The summed E-state index contributed by atoms with van der Waals surface area (Å²) in [6, 6.07) is 0. The van der Waals surface area contributed by atoms with Gasteiger partial charge in [-0.15, -0.1) is 0 Å². The van der Waals surface area contributed by atoms with Crippen molar-refractivity contribution >= 4 is 11.9 Å². The lowest BCUT2D eigenvalue weighted by Crippen LogP contribution is -2.28. The van der Waals surface area contributed by atoms with Crippen LogP contribution in [0.3, 0.4) is 0 Å². The lowest BCUT2D eigenvalue weighted by atomic mass is 10.1. The number of rotatable bonds is 33. The van der Waals surface area contributed by atoms with Gasteiger partial charge in [-0.1, -0.05) is 157 Å². The molecule has 0 radical (unpaired) electrons. The van der Waals surface area contributed by atoms with E-state index in [1.165, 1.54) is 51.4 Å². The van der Waals surface area contributed by atoms with Crippen molar-refractivity contribution in [2.45, 2.75) is 168 Å². The third-order valence-electron chi connectivity index (χ3n) is 7.76. The largest absolute Gasteiger partial charge is 0.462 e. The molecule has 0 amide bonds. The Morgan fingerprint density at radius 1 is 0.511 bits per heavy atom. The summed E-state index contributed by atoms with van der Waals surface area (Å²) in [6.45, 7) is 3.93. The van der Waals surface area contributed by atoms with Gasteiger partial charge in [0.25, 0.3) is 0 Å². The number of hydrogen-bond donors (Lipinski definition) is 1. The fourth-order valence-electron chi connectivity index (χ4n) is 4.91. The Balaban J connectivity index is 3.58. The van der Waals surface area contributed by atoms with Crippen LogP contribution in [-0.2, 0) is 19.1 Å². The van der Waals surface area contributed by atoms with Gasteiger partial charge >= 0.3 is 11.9 Å². The normalized spacial score (nSPS) is 13.0. The molecule has 5 nitrogen and oxygen atoms in total. The van der Waals surface area contributed by atoms with Gasteiger partial charge in [0.15, 0.2) is 6.10 Å². The third-order valence-corrected chi connectivity index (χ3v) is 7.76. The molecular weight excluding hydrogens is 584 g/mol. The number of carbonyl (C=O) groups is 2. The molecule has 0 aromatic rings. The summed E-state index contributed by atoms with van der Waals surface area (Å²) >= 11 is 0. The number of aliphatic hydroxyl groups is 1. The summed E-state index contributed by atoms with van der Waals surface area (Å²) in [5, 5.41) is 9.48. The van der Waals surface area contributed by atoms with Gasteiger partial charge in [-0.3, -0.25) is 9.59 Å². The van der Waals surface area contributed by atoms with Crippen molar-refractivity contribution in [2.75, 3.05) is 13.2 Å². The fraction of sp³-hybridized carbons (Fsp3) is 0.667. The highest BCUT2D eigenvalue weighted by atomic mass is 16.6. The van der Waals surface area contributed by atoms with Crippen molar-refractivity contribution in [3.05, 3.63) is 72.9 Å². The van der Waals surface area contributed by atoms with E-state index in [9.17, 15) is 14.7 Å². The van der Waals surface area contributed by atoms with Gasteiger partial charge in [-0.05, 0) is 64.2 Å². The number of unbranched alkanes of at least 4 members (excludes halogenated alkanes) is 13. The average Bonchev–Trinajstić information content (AvgIpc) is 3.07. The fourth-order valence-corrected chi connectivity index (χ4v) is 4.91. The van der Waals surface area contributed by atoms with E-state index < -0.39 is 6.10 Å². The van der Waals surface area contributed by atoms with Gasteiger partial charge in [0.1, 0.15) is 6.61 Å². The van der Waals surface area contributed by atoms with E-state index in [2.05, 4.69) is 86.8 Å². The second-order valence-corrected chi connectivity index (χ2v) is 12.3. The van der Waals surface area contributed by atoms with Crippen LogP contribution in [0.25, 0.3) is 0 Å². The number of esters is 2. The molecule has 0 aliphatic rings. The third kappa shape index (κ3) is 36.0. The first-order valence-electron chi connectivity index (χ1n) is 19.0.